The molecule has 104 valence electrons. The Morgan fingerprint density at radius 2 is 2.17 bits per heavy atom. The van der Waals surface area contributed by atoms with E-state index in [-0.39, 0.29) is 6.61 Å². The average molecular weight is 254 g/mol. The zero-order chi connectivity index (χ0) is 13.3. The number of hydrogen-bond donors (Lipinski definition) is 2. The molecule has 0 aliphatic heterocycles. The van der Waals surface area contributed by atoms with Crippen molar-refractivity contribution in [1.82, 2.24) is 0 Å². The molecule has 2 aliphatic rings. The van der Waals surface area contributed by atoms with E-state index in [0.717, 1.165) is 19.3 Å². The molecule has 0 spiro atoms. The monoisotopic (exact) mass is 254 g/mol. The van der Waals surface area contributed by atoms with Crippen LogP contribution in [0.3, 0.4) is 0 Å². The van der Waals surface area contributed by atoms with Crippen molar-refractivity contribution < 1.29 is 15.3 Å². The van der Waals surface area contributed by atoms with Crippen LogP contribution in [0.1, 0.15) is 46.5 Å². The Labute approximate surface area is 110 Å². The van der Waals surface area contributed by atoms with E-state index < -0.39 is 5.60 Å². The highest BCUT2D eigenvalue weighted by Gasteiger charge is 2.41. The minimum Gasteiger partial charge on any atom is -0.396 e. The SMILES string of the molecule is C[C@@H]1CC[C@@H]([C@@H](C)CO)C2=C[C@](C)(OO)CC[C@H]21. The quantitative estimate of drug-likeness (QED) is 0.462. The van der Waals surface area contributed by atoms with Gasteiger partial charge in [-0.2, -0.15) is 0 Å². The van der Waals surface area contributed by atoms with Crippen LogP contribution in [0.5, 0.6) is 0 Å². The van der Waals surface area contributed by atoms with Crippen molar-refractivity contribution >= 4 is 0 Å². The molecule has 0 radical (unpaired) electrons. The maximum atomic E-state index is 9.42. The summed E-state index contributed by atoms with van der Waals surface area (Å²) in [7, 11) is 0. The van der Waals surface area contributed by atoms with Gasteiger partial charge in [-0.3, -0.25) is 5.26 Å². The van der Waals surface area contributed by atoms with Crippen molar-refractivity contribution in [3.8, 4) is 0 Å². The Hall–Kier alpha value is -0.380. The van der Waals surface area contributed by atoms with Crippen LogP contribution in [0.2, 0.25) is 0 Å². The van der Waals surface area contributed by atoms with Crippen molar-refractivity contribution in [2.24, 2.45) is 23.7 Å². The summed E-state index contributed by atoms with van der Waals surface area (Å²) < 4.78 is 0. The zero-order valence-corrected chi connectivity index (χ0v) is 11.7. The van der Waals surface area contributed by atoms with Crippen molar-refractivity contribution in [3.63, 3.8) is 0 Å². The Balaban J connectivity index is 2.30. The van der Waals surface area contributed by atoms with Gasteiger partial charge in [0.2, 0.25) is 0 Å². The molecule has 2 rings (SSSR count). The number of fused-ring (bicyclic) bond motifs is 1. The lowest BCUT2D eigenvalue weighted by molar-refractivity contribution is -0.306. The molecule has 1 saturated carbocycles. The van der Waals surface area contributed by atoms with Gasteiger partial charge in [0.1, 0.15) is 5.60 Å². The summed E-state index contributed by atoms with van der Waals surface area (Å²) in [5.74, 6) is 2.07. The largest absolute Gasteiger partial charge is 0.396 e. The summed E-state index contributed by atoms with van der Waals surface area (Å²) in [6.07, 6.45) is 6.48. The Morgan fingerprint density at radius 3 is 2.78 bits per heavy atom. The topological polar surface area (TPSA) is 49.7 Å². The second-order valence-corrected chi connectivity index (χ2v) is 6.51. The zero-order valence-electron chi connectivity index (χ0n) is 11.7. The van der Waals surface area contributed by atoms with Crippen molar-refractivity contribution in [2.75, 3.05) is 6.61 Å². The molecule has 0 aromatic carbocycles. The van der Waals surface area contributed by atoms with E-state index in [0.29, 0.717) is 23.7 Å². The van der Waals surface area contributed by atoms with Crippen LogP contribution < -0.4 is 0 Å². The van der Waals surface area contributed by atoms with Crippen LogP contribution in [0, 0.1) is 23.7 Å². The molecular formula is C15H26O3. The smallest absolute Gasteiger partial charge is 0.119 e. The minimum atomic E-state index is -0.531. The average Bonchev–Trinajstić information content (AvgIpc) is 2.38. The number of aliphatic hydroxyl groups is 1. The standard InChI is InChI=1S/C15H26O3/c1-10-4-5-12(11(2)9-16)14-8-15(3,18-17)7-6-13(10)14/h8,10-13,16-17H,4-7,9H2,1-3H3/t10-,11+,12+,13+,15-/m1/s1. The molecular weight excluding hydrogens is 228 g/mol. The van der Waals surface area contributed by atoms with E-state index in [1.807, 2.05) is 6.92 Å². The fraction of sp³-hybridized carbons (Fsp3) is 0.867. The molecule has 3 heteroatoms. The molecule has 0 saturated heterocycles. The Kier molecular flexibility index (Phi) is 4.15. The predicted molar refractivity (Wildman–Crippen MR) is 71.1 cm³/mol. The van der Waals surface area contributed by atoms with Crippen LogP contribution in [0.15, 0.2) is 11.6 Å². The Morgan fingerprint density at radius 1 is 1.44 bits per heavy atom. The van der Waals surface area contributed by atoms with Crippen molar-refractivity contribution in [2.45, 2.75) is 52.1 Å². The highest BCUT2D eigenvalue weighted by Crippen LogP contribution is 2.48. The summed E-state index contributed by atoms with van der Waals surface area (Å²) in [6.45, 7) is 6.61. The lowest BCUT2D eigenvalue weighted by atomic mass is 9.62. The first-order valence-electron chi connectivity index (χ1n) is 7.17. The molecule has 18 heavy (non-hydrogen) atoms. The summed E-state index contributed by atoms with van der Waals surface area (Å²) in [5.41, 5.74) is 0.883. The first kappa shape index (κ1) is 14.0. The molecule has 0 bridgehead atoms. The first-order valence-corrected chi connectivity index (χ1v) is 7.17. The van der Waals surface area contributed by atoms with E-state index >= 15 is 0 Å². The van der Waals surface area contributed by atoms with Gasteiger partial charge in [0.05, 0.1) is 0 Å². The highest BCUT2D eigenvalue weighted by atomic mass is 17.1. The number of rotatable bonds is 3. The fourth-order valence-corrected chi connectivity index (χ4v) is 3.76. The van der Waals surface area contributed by atoms with E-state index in [1.165, 1.54) is 12.0 Å². The molecule has 0 amide bonds. The molecule has 3 nitrogen and oxygen atoms in total. The van der Waals surface area contributed by atoms with Crippen LogP contribution >= 0.6 is 0 Å². The minimum absolute atomic E-state index is 0.236. The van der Waals surface area contributed by atoms with Gasteiger partial charge >= 0.3 is 0 Å². The number of allylic oxidation sites excluding steroid dienone is 1. The number of hydrogen-bond acceptors (Lipinski definition) is 3. The van der Waals surface area contributed by atoms with E-state index in [4.69, 9.17) is 5.26 Å². The van der Waals surface area contributed by atoms with Crippen molar-refractivity contribution in [3.05, 3.63) is 11.6 Å². The van der Waals surface area contributed by atoms with Gasteiger partial charge in [-0.25, -0.2) is 4.89 Å². The molecule has 5 atom stereocenters. The third-order valence-corrected chi connectivity index (χ3v) is 5.08. The van der Waals surface area contributed by atoms with Crippen LogP contribution in [0.25, 0.3) is 0 Å². The van der Waals surface area contributed by atoms with Crippen LogP contribution in [0.4, 0.5) is 0 Å². The second-order valence-electron chi connectivity index (χ2n) is 6.51. The fourth-order valence-electron chi connectivity index (χ4n) is 3.76. The first-order chi connectivity index (χ1) is 8.50. The third-order valence-electron chi connectivity index (χ3n) is 5.08. The van der Waals surface area contributed by atoms with E-state index in [2.05, 4.69) is 24.8 Å². The van der Waals surface area contributed by atoms with Gasteiger partial charge < -0.3 is 5.11 Å². The normalized spacial score (nSPS) is 42.1. The summed E-state index contributed by atoms with van der Waals surface area (Å²) in [4.78, 5) is 4.69. The summed E-state index contributed by atoms with van der Waals surface area (Å²) in [6, 6.07) is 0. The maximum absolute atomic E-state index is 9.42. The van der Waals surface area contributed by atoms with Gasteiger partial charge in [0, 0.05) is 6.61 Å². The molecule has 0 heterocycles. The highest BCUT2D eigenvalue weighted by molar-refractivity contribution is 5.23. The third kappa shape index (κ3) is 2.49. The van der Waals surface area contributed by atoms with Gasteiger partial charge in [-0.1, -0.05) is 25.5 Å². The van der Waals surface area contributed by atoms with Crippen molar-refractivity contribution in [1.29, 1.82) is 0 Å². The molecule has 0 aromatic heterocycles. The molecule has 2 N–H and O–H groups in total. The van der Waals surface area contributed by atoms with Gasteiger partial charge in [0.15, 0.2) is 0 Å². The Bertz CT molecular complexity index is 326. The van der Waals surface area contributed by atoms with Crippen LogP contribution in [-0.2, 0) is 4.89 Å². The summed E-state index contributed by atoms with van der Waals surface area (Å²) in [5, 5.41) is 18.5. The van der Waals surface area contributed by atoms with Gasteiger partial charge in [0.25, 0.3) is 0 Å². The summed E-state index contributed by atoms with van der Waals surface area (Å²) >= 11 is 0. The number of aliphatic hydroxyl groups excluding tert-OH is 1. The van der Waals surface area contributed by atoms with E-state index in [1.54, 1.807) is 0 Å². The molecule has 0 unspecified atom stereocenters. The molecule has 0 aromatic rings. The lowest BCUT2D eigenvalue weighted by Gasteiger charge is -2.45. The molecule has 1 fully saturated rings. The second kappa shape index (κ2) is 5.32. The van der Waals surface area contributed by atoms with Gasteiger partial charge in [-0.05, 0) is 56.3 Å². The maximum Gasteiger partial charge on any atom is 0.119 e. The van der Waals surface area contributed by atoms with Crippen LogP contribution in [-0.4, -0.2) is 22.6 Å². The molecule has 2 aliphatic carbocycles. The van der Waals surface area contributed by atoms with Gasteiger partial charge in [-0.15, -0.1) is 0 Å². The lowest BCUT2D eigenvalue weighted by Crippen LogP contribution is -2.39. The van der Waals surface area contributed by atoms with E-state index in [9.17, 15) is 5.11 Å². The predicted octanol–water partition coefficient (Wildman–Crippen LogP) is 3.25.